The molecule has 1 aromatic carbocycles. The molecule has 0 aliphatic carbocycles. The molecule has 1 aliphatic rings. The third-order valence-corrected chi connectivity index (χ3v) is 5.47. The van der Waals surface area contributed by atoms with Gasteiger partial charge in [0, 0.05) is 42.6 Å². The van der Waals surface area contributed by atoms with Gasteiger partial charge in [0.1, 0.15) is 5.82 Å². The minimum absolute atomic E-state index is 0.121. The number of benzene rings is 1. The fourth-order valence-corrected chi connectivity index (χ4v) is 3.90. The van der Waals surface area contributed by atoms with E-state index in [2.05, 4.69) is 20.8 Å². The van der Waals surface area contributed by atoms with E-state index in [0.717, 1.165) is 54.7 Å². The molecule has 6 heteroatoms. The second-order valence-electron chi connectivity index (χ2n) is 5.67. The maximum Gasteiger partial charge on any atom is 0.254 e. The Kier molecular flexibility index (Phi) is 5.46. The average molecular weight is 397 g/mol. The zero-order valence-corrected chi connectivity index (χ0v) is 15.1. The number of carbonyl (C=O) groups excluding carboxylic acids is 1. The standard InChI is InChI=1S/C17H18BrFN2OS/c18-16-10-15(19)3-2-13(16)11-20-5-1-6-21(8-7-20)17(22)14-4-9-23-12-14/h2-4,9-10,12H,1,5-8,11H2. The monoisotopic (exact) mass is 396 g/mol. The topological polar surface area (TPSA) is 23.6 Å². The van der Waals surface area contributed by atoms with Crippen molar-refractivity contribution in [1.29, 1.82) is 0 Å². The summed E-state index contributed by atoms with van der Waals surface area (Å²) in [7, 11) is 0. The Morgan fingerprint density at radius 1 is 1.22 bits per heavy atom. The van der Waals surface area contributed by atoms with E-state index in [1.807, 2.05) is 27.8 Å². The molecule has 2 heterocycles. The van der Waals surface area contributed by atoms with Crippen molar-refractivity contribution in [2.45, 2.75) is 13.0 Å². The van der Waals surface area contributed by atoms with Crippen molar-refractivity contribution >= 4 is 33.2 Å². The molecular formula is C17H18BrFN2OS. The molecule has 0 spiro atoms. The molecule has 0 atom stereocenters. The van der Waals surface area contributed by atoms with Crippen molar-refractivity contribution in [3.05, 3.63) is 56.4 Å². The summed E-state index contributed by atoms with van der Waals surface area (Å²) in [5.74, 6) is -0.111. The van der Waals surface area contributed by atoms with Gasteiger partial charge < -0.3 is 4.90 Å². The van der Waals surface area contributed by atoms with E-state index in [4.69, 9.17) is 0 Å². The number of hydrogen-bond acceptors (Lipinski definition) is 3. The largest absolute Gasteiger partial charge is 0.337 e. The van der Waals surface area contributed by atoms with Crippen molar-refractivity contribution in [1.82, 2.24) is 9.80 Å². The van der Waals surface area contributed by atoms with Gasteiger partial charge in [-0.15, -0.1) is 0 Å². The molecule has 3 rings (SSSR count). The zero-order valence-electron chi connectivity index (χ0n) is 12.7. The summed E-state index contributed by atoms with van der Waals surface area (Å²) in [5, 5.41) is 3.84. The Hall–Kier alpha value is -1.24. The first kappa shape index (κ1) is 16.6. The summed E-state index contributed by atoms with van der Waals surface area (Å²) in [6.45, 7) is 4.06. The molecule has 0 N–H and O–H groups in total. The average Bonchev–Trinajstić information content (AvgIpc) is 2.96. The minimum Gasteiger partial charge on any atom is -0.337 e. The summed E-state index contributed by atoms with van der Waals surface area (Å²) in [5.41, 5.74) is 1.86. The highest BCUT2D eigenvalue weighted by Crippen LogP contribution is 2.21. The maximum absolute atomic E-state index is 13.2. The first-order valence-electron chi connectivity index (χ1n) is 7.61. The number of carbonyl (C=O) groups is 1. The van der Waals surface area contributed by atoms with Crippen LogP contribution in [-0.4, -0.2) is 41.9 Å². The van der Waals surface area contributed by atoms with Crippen LogP contribution in [-0.2, 0) is 6.54 Å². The molecule has 0 unspecified atom stereocenters. The fraction of sp³-hybridized carbons (Fsp3) is 0.353. The van der Waals surface area contributed by atoms with Crippen LogP contribution in [0.3, 0.4) is 0 Å². The van der Waals surface area contributed by atoms with Crippen molar-refractivity contribution in [3.63, 3.8) is 0 Å². The summed E-state index contributed by atoms with van der Waals surface area (Å²) < 4.78 is 14.0. The number of hydrogen-bond donors (Lipinski definition) is 0. The van der Waals surface area contributed by atoms with Crippen molar-refractivity contribution in [3.8, 4) is 0 Å². The number of amides is 1. The first-order chi connectivity index (χ1) is 11.1. The second kappa shape index (κ2) is 7.55. The van der Waals surface area contributed by atoms with Gasteiger partial charge in [-0.2, -0.15) is 11.3 Å². The second-order valence-corrected chi connectivity index (χ2v) is 7.30. The van der Waals surface area contributed by atoms with Gasteiger partial charge in [0.2, 0.25) is 0 Å². The summed E-state index contributed by atoms with van der Waals surface area (Å²) in [6, 6.07) is 6.69. The van der Waals surface area contributed by atoms with Crippen LogP contribution in [0.4, 0.5) is 4.39 Å². The van der Waals surface area contributed by atoms with Crippen LogP contribution in [0.25, 0.3) is 0 Å². The molecule has 0 bridgehead atoms. The molecule has 23 heavy (non-hydrogen) atoms. The lowest BCUT2D eigenvalue weighted by Crippen LogP contribution is -2.34. The van der Waals surface area contributed by atoms with Crippen LogP contribution in [0, 0.1) is 5.82 Å². The predicted octanol–water partition coefficient (Wildman–Crippen LogP) is 4.00. The molecule has 1 saturated heterocycles. The van der Waals surface area contributed by atoms with Gasteiger partial charge in [0.25, 0.3) is 5.91 Å². The Balaban J connectivity index is 1.61. The minimum atomic E-state index is -0.232. The van der Waals surface area contributed by atoms with Crippen LogP contribution in [0.2, 0.25) is 0 Å². The number of nitrogens with zero attached hydrogens (tertiary/aromatic N) is 2. The third-order valence-electron chi connectivity index (χ3n) is 4.05. The Morgan fingerprint density at radius 2 is 2.09 bits per heavy atom. The summed E-state index contributed by atoms with van der Waals surface area (Å²) in [6.07, 6.45) is 0.953. The molecular weight excluding hydrogens is 379 g/mol. The maximum atomic E-state index is 13.2. The van der Waals surface area contributed by atoms with E-state index in [-0.39, 0.29) is 11.7 Å². The Morgan fingerprint density at radius 3 is 2.83 bits per heavy atom. The highest BCUT2D eigenvalue weighted by atomic mass is 79.9. The van der Waals surface area contributed by atoms with E-state index in [1.165, 1.54) is 12.1 Å². The highest BCUT2D eigenvalue weighted by molar-refractivity contribution is 9.10. The van der Waals surface area contributed by atoms with Crippen molar-refractivity contribution < 1.29 is 9.18 Å². The van der Waals surface area contributed by atoms with Crippen LogP contribution in [0.1, 0.15) is 22.3 Å². The van der Waals surface area contributed by atoms with Gasteiger partial charge in [-0.05, 0) is 35.6 Å². The number of rotatable bonds is 3. The molecule has 1 fully saturated rings. The fourth-order valence-electron chi connectivity index (χ4n) is 2.79. The molecule has 0 radical (unpaired) electrons. The Labute approximate surface area is 147 Å². The zero-order chi connectivity index (χ0) is 16.2. The van der Waals surface area contributed by atoms with Gasteiger partial charge in [-0.1, -0.05) is 22.0 Å². The van der Waals surface area contributed by atoms with E-state index in [1.54, 1.807) is 11.3 Å². The summed E-state index contributed by atoms with van der Waals surface area (Å²) in [4.78, 5) is 16.7. The normalized spacial score (nSPS) is 16.3. The van der Waals surface area contributed by atoms with Crippen LogP contribution in [0.15, 0.2) is 39.5 Å². The van der Waals surface area contributed by atoms with E-state index >= 15 is 0 Å². The molecule has 1 amide bonds. The van der Waals surface area contributed by atoms with Crippen LogP contribution >= 0.6 is 27.3 Å². The lowest BCUT2D eigenvalue weighted by molar-refractivity contribution is 0.0761. The first-order valence-corrected chi connectivity index (χ1v) is 9.35. The van der Waals surface area contributed by atoms with Crippen molar-refractivity contribution in [2.75, 3.05) is 26.2 Å². The molecule has 1 aromatic heterocycles. The lowest BCUT2D eigenvalue weighted by atomic mass is 10.2. The number of thiophene rings is 1. The van der Waals surface area contributed by atoms with E-state index in [9.17, 15) is 9.18 Å². The van der Waals surface area contributed by atoms with Gasteiger partial charge >= 0.3 is 0 Å². The highest BCUT2D eigenvalue weighted by Gasteiger charge is 2.21. The quantitative estimate of drug-likeness (QED) is 0.782. The van der Waals surface area contributed by atoms with Crippen LogP contribution in [0.5, 0.6) is 0 Å². The molecule has 122 valence electrons. The lowest BCUT2D eigenvalue weighted by Gasteiger charge is -2.22. The predicted molar refractivity (Wildman–Crippen MR) is 94.2 cm³/mol. The SMILES string of the molecule is O=C(c1ccsc1)N1CCCN(Cc2ccc(F)cc2Br)CC1. The molecule has 3 nitrogen and oxygen atoms in total. The smallest absolute Gasteiger partial charge is 0.254 e. The van der Waals surface area contributed by atoms with Crippen LogP contribution < -0.4 is 0 Å². The molecule has 0 saturated carbocycles. The molecule has 1 aliphatic heterocycles. The van der Waals surface area contributed by atoms with Gasteiger partial charge in [0.15, 0.2) is 0 Å². The Bertz CT molecular complexity index is 677. The third kappa shape index (κ3) is 4.19. The number of halogens is 2. The van der Waals surface area contributed by atoms with E-state index < -0.39 is 0 Å². The van der Waals surface area contributed by atoms with Gasteiger partial charge in [-0.25, -0.2) is 4.39 Å². The van der Waals surface area contributed by atoms with Crippen molar-refractivity contribution in [2.24, 2.45) is 0 Å². The van der Waals surface area contributed by atoms with E-state index in [0.29, 0.717) is 0 Å². The molecule has 2 aromatic rings. The van der Waals surface area contributed by atoms with Gasteiger partial charge in [0.05, 0.1) is 5.56 Å². The summed E-state index contributed by atoms with van der Waals surface area (Å²) >= 11 is 4.97. The van der Waals surface area contributed by atoms with Gasteiger partial charge in [-0.3, -0.25) is 9.69 Å².